The van der Waals surface area contributed by atoms with E-state index in [1.54, 1.807) is 20.8 Å². The molecule has 1 aliphatic carbocycles. The highest BCUT2D eigenvalue weighted by Crippen LogP contribution is 2.36. The molecule has 1 N–H and O–H groups in total. The maximum Gasteiger partial charge on any atom is 0.156 e. The zero-order chi connectivity index (χ0) is 15.9. The smallest absolute Gasteiger partial charge is 0.156 e. The third-order valence-electron chi connectivity index (χ3n) is 5.44. The summed E-state index contributed by atoms with van der Waals surface area (Å²) >= 11 is 0. The van der Waals surface area contributed by atoms with E-state index in [0.29, 0.717) is 12.6 Å². The van der Waals surface area contributed by atoms with Gasteiger partial charge in [-0.3, -0.25) is 4.90 Å². The number of nitrogens with zero attached hydrogens (tertiary/aromatic N) is 1. The Balaban J connectivity index is 2.03. The van der Waals surface area contributed by atoms with Crippen molar-refractivity contribution in [3.63, 3.8) is 0 Å². The van der Waals surface area contributed by atoms with Crippen molar-refractivity contribution in [3.8, 4) is 0 Å². The standard InChI is InChI=1S/C16H32N2O2S/c1-6-16(5)12-17-14(13-7-8-13)11-18(16)9-10-21(19,20)15(2,3)4/h13-14,17H,6-12H2,1-5H3. The zero-order valence-corrected chi connectivity index (χ0v) is 15.1. The molecular formula is C16H32N2O2S. The molecule has 0 amide bonds. The lowest BCUT2D eigenvalue weighted by atomic mass is 9.91. The lowest BCUT2D eigenvalue weighted by molar-refractivity contribution is 0.0499. The molecule has 0 aromatic heterocycles. The molecule has 2 atom stereocenters. The number of hydrogen-bond donors (Lipinski definition) is 1. The molecule has 0 spiro atoms. The number of piperazine rings is 1. The molecule has 2 rings (SSSR count). The Bertz CT molecular complexity index is 465. The fourth-order valence-corrected chi connectivity index (χ4v) is 4.12. The van der Waals surface area contributed by atoms with E-state index in [1.165, 1.54) is 12.8 Å². The molecule has 5 heteroatoms. The Morgan fingerprint density at radius 3 is 2.38 bits per heavy atom. The second-order valence-electron chi connectivity index (χ2n) is 8.05. The highest BCUT2D eigenvalue weighted by Gasteiger charge is 2.42. The summed E-state index contributed by atoms with van der Waals surface area (Å²) in [6.07, 6.45) is 3.70. The van der Waals surface area contributed by atoms with E-state index < -0.39 is 14.6 Å². The van der Waals surface area contributed by atoms with Crippen molar-refractivity contribution >= 4 is 9.84 Å². The molecule has 2 fully saturated rings. The molecule has 2 aliphatic rings. The Morgan fingerprint density at radius 2 is 1.90 bits per heavy atom. The van der Waals surface area contributed by atoms with Gasteiger partial charge < -0.3 is 5.32 Å². The lowest BCUT2D eigenvalue weighted by Crippen LogP contribution is -2.64. The van der Waals surface area contributed by atoms with Crippen molar-refractivity contribution in [2.45, 2.75) is 70.2 Å². The molecule has 0 aromatic carbocycles. The highest BCUT2D eigenvalue weighted by molar-refractivity contribution is 7.92. The van der Waals surface area contributed by atoms with Gasteiger partial charge in [0.25, 0.3) is 0 Å². The minimum absolute atomic E-state index is 0.0821. The van der Waals surface area contributed by atoms with Crippen molar-refractivity contribution in [1.82, 2.24) is 10.2 Å². The van der Waals surface area contributed by atoms with E-state index in [-0.39, 0.29) is 11.3 Å². The Labute approximate surface area is 130 Å². The van der Waals surface area contributed by atoms with Gasteiger partial charge in [0.15, 0.2) is 9.84 Å². The van der Waals surface area contributed by atoms with Crippen molar-refractivity contribution in [1.29, 1.82) is 0 Å². The van der Waals surface area contributed by atoms with Gasteiger partial charge >= 0.3 is 0 Å². The molecule has 1 heterocycles. The van der Waals surface area contributed by atoms with Gasteiger partial charge in [0, 0.05) is 31.2 Å². The van der Waals surface area contributed by atoms with Crippen LogP contribution in [0.25, 0.3) is 0 Å². The van der Waals surface area contributed by atoms with Crippen LogP contribution < -0.4 is 5.32 Å². The lowest BCUT2D eigenvalue weighted by Gasteiger charge is -2.48. The summed E-state index contributed by atoms with van der Waals surface area (Å²) in [6.45, 7) is 12.5. The van der Waals surface area contributed by atoms with Gasteiger partial charge in [0.2, 0.25) is 0 Å². The third-order valence-corrected chi connectivity index (χ3v) is 8.03. The van der Waals surface area contributed by atoms with Crippen LogP contribution in [0, 0.1) is 5.92 Å². The second kappa shape index (κ2) is 5.82. The first-order chi connectivity index (χ1) is 9.59. The van der Waals surface area contributed by atoms with Crippen LogP contribution >= 0.6 is 0 Å². The van der Waals surface area contributed by atoms with Crippen LogP contribution in [-0.4, -0.2) is 55.0 Å². The second-order valence-corrected chi connectivity index (χ2v) is 10.9. The molecule has 21 heavy (non-hydrogen) atoms. The van der Waals surface area contributed by atoms with Gasteiger partial charge in [-0.15, -0.1) is 0 Å². The molecule has 1 saturated carbocycles. The van der Waals surface area contributed by atoms with Crippen molar-refractivity contribution < 1.29 is 8.42 Å². The molecule has 1 saturated heterocycles. The summed E-state index contributed by atoms with van der Waals surface area (Å²) in [7, 11) is -3.04. The normalized spacial score (nSPS) is 32.3. The number of sulfone groups is 1. The van der Waals surface area contributed by atoms with Crippen molar-refractivity contribution in [3.05, 3.63) is 0 Å². The van der Waals surface area contributed by atoms with E-state index in [4.69, 9.17) is 0 Å². The van der Waals surface area contributed by atoms with Crippen LogP contribution in [-0.2, 0) is 9.84 Å². The average Bonchev–Trinajstić information content (AvgIpc) is 3.21. The summed E-state index contributed by atoms with van der Waals surface area (Å²) in [5.41, 5.74) is 0.0821. The quantitative estimate of drug-likeness (QED) is 0.843. The van der Waals surface area contributed by atoms with Gasteiger partial charge in [-0.25, -0.2) is 8.42 Å². The highest BCUT2D eigenvalue weighted by atomic mass is 32.2. The predicted octanol–water partition coefficient (Wildman–Crippen LogP) is 2.05. The van der Waals surface area contributed by atoms with Gasteiger partial charge in [-0.2, -0.15) is 0 Å². The fourth-order valence-electron chi connectivity index (χ4n) is 3.05. The van der Waals surface area contributed by atoms with E-state index in [1.807, 2.05) is 0 Å². The first-order valence-corrected chi connectivity index (χ1v) is 9.95. The molecule has 2 unspecified atom stereocenters. The van der Waals surface area contributed by atoms with E-state index in [2.05, 4.69) is 24.1 Å². The first-order valence-electron chi connectivity index (χ1n) is 8.30. The van der Waals surface area contributed by atoms with Crippen LogP contribution in [0.4, 0.5) is 0 Å². The van der Waals surface area contributed by atoms with Crippen LogP contribution in [0.3, 0.4) is 0 Å². The van der Waals surface area contributed by atoms with Crippen LogP contribution in [0.1, 0.15) is 53.9 Å². The number of nitrogens with one attached hydrogen (secondary N) is 1. The predicted molar refractivity (Wildman–Crippen MR) is 88.3 cm³/mol. The molecule has 0 aromatic rings. The molecule has 1 aliphatic heterocycles. The Hall–Kier alpha value is -0.130. The van der Waals surface area contributed by atoms with E-state index >= 15 is 0 Å². The third kappa shape index (κ3) is 3.80. The average molecular weight is 317 g/mol. The fraction of sp³-hybridized carbons (Fsp3) is 1.00. The molecule has 4 nitrogen and oxygen atoms in total. The van der Waals surface area contributed by atoms with Crippen LogP contribution in [0.5, 0.6) is 0 Å². The largest absolute Gasteiger partial charge is 0.311 e. The van der Waals surface area contributed by atoms with E-state index in [9.17, 15) is 8.42 Å². The summed E-state index contributed by atoms with van der Waals surface area (Å²) in [5.74, 6) is 1.08. The van der Waals surface area contributed by atoms with Gasteiger partial charge in [0.05, 0.1) is 10.5 Å². The number of hydrogen-bond acceptors (Lipinski definition) is 4. The van der Waals surface area contributed by atoms with Gasteiger partial charge in [0.1, 0.15) is 0 Å². The maximum atomic E-state index is 12.4. The van der Waals surface area contributed by atoms with E-state index in [0.717, 1.165) is 25.4 Å². The van der Waals surface area contributed by atoms with Crippen molar-refractivity contribution in [2.24, 2.45) is 5.92 Å². The monoisotopic (exact) mass is 316 g/mol. The summed E-state index contributed by atoms with van der Waals surface area (Å²) in [4.78, 5) is 2.43. The van der Waals surface area contributed by atoms with Crippen molar-refractivity contribution in [2.75, 3.05) is 25.4 Å². The number of rotatable bonds is 5. The summed E-state index contributed by atoms with van der Waals surface area (Å²) in [6, 6.07) is 0.557. The van der Waals surface area contributed by atoms with Crippen LogP contribution in [0.15, 0.2) is 0 Å². The van der Waals surface area contributed by atoms with Gasteiger partial charge in [-0.1, -0.05) is 6.92 Å². The zero-order valence-electron chi connectivity index (χ0n) is 14.3. The molecule has 124 valence electrons. The Kier molecular flexibility index (Phi) is 4.77. The minimum atomic E-state index is -3.04. The first kappa shape index (κ1) is 17.2. The maximum absolute atomic E-state index is 12.4. The van der Waals surface area contributed by atoms with Crippen LogP contribution in [0.2, 0.25) is 0 Å². The summed E-state index contributed by atoms with van der Waals surface area (Å²) < 4.78 is 24.1. The Morgan fingerprint density at radius 1 is 1.29 bits per heavy atom. The minimum Gasteiger partial charge on any atom is -0.311 e. The molecule has 0 radical (unpaired) electrons. The topological polar surface area (TPSA) is 49.4 Å². The molecular weight excluding hydrogens is 284 g/mol. The SMILES string of the molecule is CCC1(C)CNC(C2CC2)CN1CCS(=O)(=O)C(C)(C)C. The summed E-state index contributed by atoms with van der Waals surface area (Å²) in [5, 5.41) is 3.69. The van der Waals surface area contributed by atoms with Gasteiger partial charge in [-0.05, 0) is 52.9 Å². The molecule has 0 bridgehead atoms.